The number of imidazole rings is 1. The van der Waals surface area contributed by atoms with Gasteiger partial charge < -0.3 is 9.88 Å². The molecule has 6 heteroatoms. The number of carbonyl (C=O) groups is 2. The second kappa shape index (κ2) is 7.53. The molecule has 0 spiro atoms. The normalized spacial score (nSPS) is 10.8. The van der Waals surface area contributed by atoms with Gasteiger partial charge in [-0.05, 0) is 36.9 Å². The number of carbonyl (C=O) groups excluding carboxylic acids is 2. The highest BCUT2D eigenvalue weighted by Gasteiger charge is 2.14. The smallest absolute Gasteiger partial charge is 0.244 e. The van der Waals surface area contributed by atoms with E-state index in [9.17, 15) is 9.59 Å². The summed E-state index contributed by atoms with van der Waals surface area (Å²) in [5.41, 5.74) is 3.01. The number of amides is 1. The Kier molecular flexibility index (Phi) is 5.19. The molecule has 1 amide bonds. The summed E-state index contributed by atoms with van der Waals surface area (Å²) in [4.78, 5) is 28.6. The zero-order valence-corrected chi connectivity index (χ0v) is 15.0. The number of hydrogen-bond donors (Lipinski definition) is 1. The van der Waals surface area contributed by atoms with E-state index in [4.69, 9.17) is 0 Å². The number of benzene rings is 2. The number of nitrogens with one attached hydrogen (secondary N) is 1. The van der Waals surface area contributed by atoms with Gasteiger partial charge in [-0.15, -0.1) is 0 Å². The van der Waals surface area contributed by atoms with Crippen LogP contribution in [0.2, 0.25) is 0 Å². The van der Waals surface area contributed by atoms with Crippen LogP contribution in [0.4, 0.5) is 5.69 Å². The van der Waals surface area contributed by atoms with Crippen LogP contribution in [0, 0.1) is 0 Å². The molecular formula is C19H19N3O2S. The molecule has 0 unspecified atom stereocenters. The van der Waals surface area contributed by atoms with E-state index in [1.807, 2.05) is 28.8 Å². The van der Waals surface area contributed by atoms with Gasteiger partial charge >= 0.3 is 0 Å². The Labute approximate surface area is 150 Å². The van der Waals surface area contributed by atoms with Crippen LogP contribution in [-0.4, -0.2) is 27.0 Å². The molecule has 0 saturated carbocycles. The molecule has 1 heterocycles. The lowest BCUT2D eigenvalue weighted by atomic mass is 10.1. The van der Waals surface area contributed by atoms with Crippen molar-refractivity contribution in [1.29, 1.82) is 0 Å². The fraction of sp³-hybridized carbons (Fsp3) is 0.211. The van der Waals surface area contributed by atoms with Crippen molar-refractivity contribution in [1.82, 2.24) is 9.55 Å². The summed E-state index contributed by atoms with van der Waals surface area (Å²) in [7, 11) is 0. The molecule has 1 N–H and O–H groups in total. The summed E-state index contributed by atoms with van der Waals surface area (Å²) < 4.78 is 1.92. The number of hydrogen-bond acceptors (Lipinski definition) is 4. The molecule has 0 aliphatic carbocycles. The van der Waals surface area contributed by atoms with Gasteiger partial charge in [0, 0.05) is 11.3 Å². The molecule has 5 nitrogen and oxygen atoms in total. The van der Waals surface area contributed by atoms with Crippen molar-refractivity contribution < 1.29 is 9.59 Å². The minimum atomic E-state index is -0.151. The zero-order chi connectivity index (χ0) is 17.8. The predicted molar refractivity (Wildman–Crippen MR) is 101 cm³/mol. The molecule has 3 aromatic rings. The maximum atomic E-state index is 12.5. The third-order valence-corrected chi connectivity index (χ3v) is 4.61. The number of Topliss-reactive ketones (excluding diaryl/α,β-unsaturated/α-hetero) is 1. The monoisotopic (exact) mass is 353 g/mol. The number of aromatic nitrogens is 2. The number of para-hydroxylation sites is 2. The Bertz CT molecular complexity index is 933. The molecular weight excluding hydrogens is 334 g/mol. The molecule has 0 aliphatic rings. The summed E-state index contributed by atoms with van der Waals surface area (Å²) >= 11 is 1.61. The number of ketones is 1. The molecule has 0 fully saturated rings. The lowest BCUT2D eigenvalue weighted by Gasteiger charge is -2.10. The summed E-state index contributed by atoms with van der Waals surface area (Å²) in [5.74, 6) is 0.700. The number of anilines is 1. The van der Waals surface area contributed by atoms with E-state index in [-0.39, 0.29) is 18.2 Å². The summed E-state index contributed by atoms with van der Waals surface area (Å²) in [6, 6.07) is 14.7. The molecule has 0 aliphatic heterocycles. The van der Waals surface area contributed by atoms with E-state index in [2.05, 4.69) is 17.2 Å². The molecule has 0 atom stereocenters. The standard InChI is InChI=1S/C19H19N3O2S/c1-3-25-19-21-16-9-4-5-10-17(16)22(19)12-18(24)20-15-8-6-7-14(11-15)13(2)23/h4-11H,3,12H2,1-2H3,(H,20,24). The first-order chi connectivity index (χ1) is 12.1. The van der Waals surface area contributed by atoms with Crippen LogP contribution in [0.3, 0.4) is 0 Å². The van der Waals surface area contributed by atoms with E-state index in [1.54, 1.807) is 36.0 Å². The van der Waals surface area contributed by atoms with Gasteiger partial charge in [0.1, 0.15) is 6.54 Å². The van der Waals surface area contributed by atoms with Gasteiger partial charge in [0.05, 0.1) is 11.0 Å². The number of nitrogens with zero attached hydrogens (tertiary/aromatic N) is 2. The number of rotatable bonds is 6. The Hall–Kier alpha value is -2.60. The van der Waals surface area contributed by atoms with Crippen molar-refractivity contribution in [2.75, 3.05) is 11.1 Å². The van der Waals surface area contributed by atoms with Gasteiger partial charge in [0.25, 0.3) is 0 Å². The van der Waals surface area contributed by atoms with Crippen LogP contribution < -0.4 is 5.32 Å². The SMILES string of the molecule is CCSc1nc2ccccc2n1CC(=O)Nc1cccc(C(C)=O)c1. The summed E-state index contributed by atoms with van der Waals surface area (Å²) in [5, 5.41) is 3.69. The van der Waals surface area contributed by atoms with Crippen molar-refractivity contribution >= 4 is 40.2 Å². The lowest BCUT2D eigenvalue weighted by molar-refractivity contribution is -0.116. The minimum absolute atomic E-state index is 0.0293. The third kappa shape index (κ3) is 3.91. The van der Waals surface area contributed by atoms with Gasteiger partial charge in [-0.3, -0.25) is 9.59 Å². The molecule has 1 aromatic heterocycles. The highest BCUT2D eigenvalue weighted by molar-refractivity contribution is 7.99. The van der Waals surface area contributed by atoms with E-state index >= 15 is 0 Å². The van der Waals surface area contributed by atoms with Crippen molar-refractivity contribution in [3.63, 3.8) is 0 Å². The van der Waals surface area contributed by atoms with Crippen LogP contribution in [0.25, 0.3) is 11.0 Å². The van der Waals surface area contributed by atoms with Crippen LogP contribution in [0.5, 0.6) is 0 Å². The highest BCUT2D eigenvalue weighted by atomic mass is 32.2. The summed E-state index contributed by atoms with van der Waals surface area (Å²) in [6.45, 7) is 3.74. The van der Waals surface area contributed by atoms with Crippen LogP contribution in [0.15, 0.2) is 53.7 Å². The van der Waals surface area contributed by atoms with Gasteiger partial charge in [-0.25, -0.2) is 4.98 Å². The van der Waals surface area contributed by atoms with Crippen molar-refractivity contribution in [3.05, 3.63) is 54.1 Å². The van der Waals surface area contributed by atoms with Crippen LogP contribution >= 0.6 is 11.8 Å². The maximum Gasteiger partial charge on any atom is 0.244 e. The van der Waals surface area contributed by atoms with E-state index in [1.165, 1.54) is 6.92 Å². The van der Waals surface area contributed by atoms with Crippen LogP contribution in [0.1, 0.15) is 24.2 Å². The van der Waals surface area contributed by atoms with Crippen molar-refractivity contribution in [3.8, 4) is 0 Å². The van der Waals surface area contributed by atoms with E-state index in [0.717, 1.165) is 21.9 Å². The molecule has 3 rings (SSSR count). The Morgan fingerprint density at radius 1 is 1.16 bits per heavy atom. The highest BCUT2D eigenvalue weighted by Crippen LogP contribution is 2.24. The topological polar surface area (TPSA) is 64.0 Å². The van der Waals surface area contributed by atoms with Crippen LogP contribution in [-0.2, 0) is 11.3 Å². The molecule has 0 saturated heterocycles. The number of thioether (sulfide) groups is 1. The fourth-order valence-corrected chi connectivity index (χ4v) is 3.35. The van der Waals surface area contributed by atoms with Gasteiger partial charge in [0.15, 0.2) is 10.9 Å². The Balaban J connectivity index is 1.83. The lowest BCUT2D eigenvalue weighted by Crippen LogP contribution is -2.19. The minimum Gasteiger partial charge on any atom is -0.325 e. The van der Waals surface area contributed by atoms with Crippen molar-refractivity contribution in [2.24, 2.45) is 0 Å². The van der Waals surface area contributed by atoms with Gasteiger partial charge in [-0.2, -0.15) is 0 Å². The first-order valence-corrected chi connectivity index (χ1v) is 9.06. The molecule has 2 aromatic carbocycles. The number of fused-ring (bicyclic) bond motifs is 1. The molecule has 0 bridgehead atoms. The Morgan fingerprint density at radius 3 is 2.72 bits per heavy atom. The second-order valence-corrected chi connectivity index (χ2v) is 6.82. The van der Waals surface area contributed by atoms with Crippen molar-refractivity contribution in [2.45, 2.75) is 25.5 Å². The maximum absolute atomic E-state index is 12.5. The molecule has 0 radical (unpaired) electrons. The largest absolute Gasteiger partial charge is 0.325 e. The first-order valence-electron chi connectivity index (χ1n) is 8.07. The average molecular weight is 353 g/mol. The van der Waals surface area contributed by atoms with Gasteiger partial charge in [0.2, 0.25) is 5.91 Å². The average Bonchev–Trinajstić information content (AvgIpc) is 2.93. The van der Waals surface area contributed by atoms with E-state index < -0.39 is 0 Å². The van der Waals surface area contributed by atoms with E-state index in [0.29, 0.717) is 11.3 Å². The second-order valence-electron chi connectivity index (χ2n) is 5.59. The summed E-state index contributed by atoms with van der Waals surface area (Å²) in [6.07, 6.45) is 0. The molecule has 128 valence electrons. The predicted octanol–water partition coefficient (Wildman–Crippen LogP) is 3.99. The molecule has 25 heavy (non-hydrogen) atoms. The fourth-order valence-electron chi connectivity index (χ4n) is 2.61. The quantitative estimate of drug-likeness (QED) is 0.538. The zero-order valence-electron chi connectivity index (χ0n) is 14.2. The third-order valence-electron chi connectivity index (χ3n) is 3.75. The Morgan fingerprint density at radius 2 is 1.96 bits per heavy atom. The van der Waals surface area contributed by atoms with Gasteiger partial charge in [-0.1, -0.05) is 43.0 Å². The first kappa shape index (κ1) is 17.2.